The normalized spacial score (nSPS) is 11.1. The number of aromatic carboxylic acids is 1. The Labute approximate surface area is 158 Å². The summed E-state index contributed by atoms with van der Waals surface area (Å²) in [4.78, 5) is 25.3. The van der Waals surface area contributed by atoms with Crippen molar-refractivity contribution < 1.29 is 19.4 Å². The van der Waals surface area contributed by atoms with E-state index in [0.29, 0.717) is 27.4 Å². The van der Waals surface area contributed by atoms with Crippen LogP contribution in [0.3, 0.4) is 0 Å². The largest absolute Gasteiger partial charge is 0.490 e. The SMILES string of the molecule is CCN(CC)CCOc1c(Br)ccc2c(C(=O)O)c(NC(C)=O)sc12. The van der Waals surface area contributed by atoms with Crippen LogP contribution in [-0.4, -0.2) is 48.1 Å². The smallest absolute Gasteiger partial charge is 0.339 e. The Morgan fingerprint density at radius 3 is 2.56 bits per heavy atom. The molecule has 0 spiro atoms. The second kappa shape index (κ2) is 8.64. The number of hydrogen-bond donors (Lipinski definition) is 2. The third-order valence-electron chi connectivity index (χ3n) is 3.82. The van der Waals surface area contributed by atoms with E-state index in [1.165, 1.54) is 18.3 Å². The molecule has 0 bridgehead atoms. The maximum Gasteiger partial charge on any atom is 0.339 e. The van der Waals surface area contributed by atoms with Gasteiger partial charge in [0.2, 0.25) is 5.91 Å². The van der Waals surface area contributed by atoms with Gasteiger partial charge < -0.3 is 20.1 Å². The van der Waals surface area contributed by atoms with Gasteiger partial charge in [-0.05, 0) is 35.1 Å². The highest BCUT2D eigenvalue weighted by Gasteiger charge is 2.22. The molecule has 8 heteroatoms. The van der Waals surface area contributed by atoms with Crippen LogP contribution in [0.2, 0.25) is 0 Å². The summed E-state index contributed by atoms with van der Waals surface area (Å²) < 4.78 is 7.41. The third kappa shape index (κ3) is 4.50. The Balaban J connectivity index is 2.41. The van der Waals surface area contributed by atoms with Crippen molar-refractivity contribution in [2.24, 2.45) is 0 Å². The van der Waals surface area contributed by atoms with Crippen LogP contribution in [0, 0.1) is 0 Å². The molecule has 2 aromatic rings. The topological polar surface area (TPSA) is 78.9 Å². The van der Waals surface area contributed by atoms with Gasteiger partial charge in [-0.25, -0.2) is 4.79 Å². The number of halogens is 1. The van der Waals surface area contributed by atoms with Gasteiger partial charge in [-0.1, -0.05) is 19.9 Å². The maximum absolute atomic E-state index is 11.7. The van der Waals surface area contributed by atoms with E-state index in [2.05, 4.69) is 40.0 Å². The molecule has 6 nitrogen and oxygen atoms in total. The molecular formula is C17H21BrN2O4S. The Morgan fingerprint density at radius 1 is 1.32 bits per heavy atom. The summed E-state index contributed by atoms with van der Waals surface area (Å²) in [5.74, 6) is -0.780. The average molecular weight is 429 g/mol. The molecule has 0 aliphatic heterocycles. The number of fused-ring (bicyclic) bond motifs is 1. The molecule has 2 N–H and O–H groups in total. The van der Waals surface area contributed by atoms with Crippen LogP contribution in [0.15, 0.2) is 16.6 Å². The Morgan fingerprint density at radius 2 is 2.00 bits per heavy atom. The number of carbonyl (C=O) groups excluding carboxylic acids is 1. The summed E-state index contributed by atoms with van der Waals surface area (Å²) in [6.07, 6.45) is 0. The Kier molecular flexibility index (Phi) is 6.80. The molecule has 0 fully saturated rings. The second-order valence-electron chi connectivity index (χ2n) is 5.42. The van der Waals surface area contributed by atoms with Crippen molar-refractivity contribution >= 4 is 54.2 Å². The van der Waals surface area contributed by atoms with Crippen molar-refractivity contribution in [3.63, 3.8) is 0 Å². The Bertz CT molecular complexity index is 787. The molecule has 0 saturated heterocycles. The van der Waals surface area contributed by atoms with Crippen LogP contribution < -0.4 is 10.1 Å². The number of carboxylic acids is 1. The van der Waals surface area contributed by atoms with Gasteiger partial charge in [-0.15, -0.1) is 11.3 Å². The molecule has 0 aliphatic carbocycles. The first-order chi connectivity index (χ1) is 11.9. The summed E-state index contributed by atoms with van der Waals surface area (Å²) in [6, 6.07) is 3.49. The standard InChI is InChI=1S/C17H21BrN2O4S/c1-4-20(5-2)8-9-24-14-12(18)7-6-11-13(17(22)23)16(19-10(3)21)25-15(11)14/h6-7H,4-5,8-9H2,1-3H3,(H,19,21)(H,22,23). The van der Waals surface area contributed by atoms with Crippen molar-refractivity contribution in [1.82, 2.24) is 4.90 Å². The van der Waals surface area contributed by atoms with Gasteiger partial charge in [-0.3, -0.25) is 4.79 Å². The lowest BCUT2D eigenvalue weighted by Crippen LogP contribution is -2.27. The molecule has 1 aromatic carbocycles. The van der Waals surface area contributed by atoms with Crippen LogP contribution in [0.1, 0.15) is 31.1 Å². The zero-order valence-corrected chi connectivity index (χ0v) is 16.8. The predicted octanol–water partition coefficient (Wildman–Crippen LogP) is 4.04. The molecule has 1 amide bonds. The lowest BCUT2D eigenvalue weighted by atomic mass is 10.1. The molecule has 2 rings (SSSR count). The highest BCUT2D eigenvalue weighted by molar-refractivity contribution is 9.10. The van der Waals surface area contributed by atoms with Crippen molar-refractivity contribution in [3.05, 3.63) is 22.2 Å². The highest BCUT2D eigenvalue weighted by Crippen LogP contribution is 2.44. The molecule has 0 radical (unpaired) electrons. The van der Waals surface area contributed by atoms with Crippen LogP contribution in [-0.2, 0) is 4.79 Å². The minimum Gasteiger partial charge on any atom is -0.490 e. The van der Waals surface area contributed by atoms with Gasteiger partial charge >= 0.3 is 5.97 Å². The van der Waals surface area contributed by atoms with Gasteiger partial charge in [0.1, 0.15) is 17.2 Å². The zero-order valence-electron chi connectivity index (χ0n) is 14.4. The number of hydrogen-bond acceptors (Lipinski definition) is 5. The fraction of sp³-hybridized carbons (Fsp3) is 0.412. The number of nitrogens with one attached hydrogen (secondary N) is 1. The van der Waals surface area contributed by atoms with Gasteiger partial charge in [-0.2, -0.15) is 0 Å². The predicted molar refractivity (Wildman–Crippen MR) is 104 cm³/mol. The molecule has 0 atom stereocenters. The van der Waals surface area contributed by atoms with Gasteiger partial charge in [0, 0.05) is 18.9 Å². The van der Waals surface area contributed by atoms with E-state index in [9.17, 15) is 14.7 Å². The summed E-state index contributed by atoms with van der Waals surface area (Å²) in [5, 5.41) is 13.0. The molecule has 136 valence electrons. The number of likely N-dealkylation sites (N-methyl/N-ethyl adjacent to an activating group) is 1. The number of amides is 1. The van der Waals surface area contributed by atoms with Crippen molar-refractivity contribution in [2.45, 2.75) is 20.8 Å². The summed E-state index contributed by atoms with van der Waals surface area (Å²) >= 11 is 4.68. The third-order valence-corrected chi connectivity index (χ3v) is 5.56. The summed E-state index contributed by atoms with van der Waals surface area (Å²) in [7, 11) is 0. The van der Waals surface area contributed by atoms with E-state index in [1.54, 1.807) is 12.1 Å². The number of carboxylic acid groups (broad SMARTS) is 1. The molecule has 0 aliphatic rings. The fourth-order valence-corrected chi connectivity index (χ4v) is 4.34. The van der Waals surface area contributed by atoms with Crippen LogP contribution in [0.5, 0.6) is 5.75 Å². The first-order valence-corrected chi connectivity index (χ1v) is 9.60. The quantitative estimate of drug-likeness (QED) is 0.662. The first-order valence-electron chi connectivity index (χ1n) is 8.00. The van der Waals surface area contributed by atoms with Crippen molar-refractivity contribution in [3.8, 4) is 5.75 Å². The molecule has 0 unspecified atom stereocenters. The monoisotopic (exact) mass is 428 g/mol. The number of nitrogens with zero attached hydrogens (tertiary/aromatic N) is 1. The summed E-state index contributed by atoms with van der Waals surface area (Å²) in [6.45, 7) is 8.71. The van der Waals surface area contributed by atoms with Gasteiger partial charge in [0.25, 0.3) is 0 Å². The number of anilines is 1. The second-order valence-corrected chi connectivity index (χ2v) is 7.30. The molecule has 1 aromatic heterocycles. The van der Waals surface area contributed by atoms with Crippen molar-refractivity contribution in [1.29, 1.82) is 0 Å². The van der Waals surface area contributed by atoms with Crippen LogP contribution in [0.4, 0.5) is 5.00 Å². The average Bonchev–Trinajstić information content (AvgIpc) is 2.90. The molecular weight excluding hydrogens is 408 g/mol. The highest BCUT2D eigenvalue weighted by atomic mass is 79.9. The van der Waals surface area contributed by atoms with Crippen LogP contribution in [0.25, 0.3) is 10.1 Å². The first kappa shape index (κ1) is 19.7. The van der Waals surface area contributed by atoms with Gasteiger partial charge in [0.05, 0.1) is 9.17 Å². The lowest BCUT2D eigenvalue weighted by molar-refractivity contribution is -0.114. The van der Waals surface area contributed by atoms with Gasteiger partial charge in [0.15, 0.2) is 5.75 Å². The van der Waals surface area contributed by atoms with E-state index in [1.807, 2.05) is 0 Å². The van der Waals surface area contributed by atoms with E-state index in [0.717, 1.165) is 24.1 Å². The zero-order chi connectivity index (χ0) is 18.6. The number of benzene rings is 1. The molecule has 1 heterocycles. The van der Waals surface area contributed by atoms with E-state index >= 15 is 0 Å². The number of thiophene rings is 1. The number of ether oxygens (including phenoxy) is 1. The van der Waals surface area contributed by atoms with E-state index in [4.69, 9.17) is 4.74 Å². The Hall–Kier alpha value is -1.64. The van der Waals surface area contributed by atoms with E-state index in [-0.39, 0.29) is 11.5 Å². The minimum absolute atomic E-state index is 0.0938. The number of carbonyl (C=O) groups is 2. The molecule has 0 saturated carbocycles. The maximum atomic E-state index is 11.7. The van der Waals surface area contributed by atoms with Crippen LogP contribution >= 0.6 is 27.3 Å². The number of rotatable bonds is 8. The minimum atomic E-state index is -1.08. The molecule has 25 heavy (non-hydrogen) atoms. The van der Waals surface area contributed by atoms with Crippen molar-refractivity contribution in [2.75, 3.05) is 31.6 Å². The fourth-order valence-electron chi connectivity index (χ4n) is 2.52. The van der Waals surface area contributed by atoms with E-state index < -0.39 is 5.97 Å². The summed E-state index contributed by atoms with van der Waals surface area (Å²) in [5.41, 5.74) is 0.0938. The lowest BCUT2D eigenvalue weighted by Gasteiger charge is -2.18.